The van der Waals surface area contributed by atoms with Gasteiger partial charge in [-0.15, -0.1) is 22.0 Å². The van der Waals surface area contributed by atoms with Crippen LogP contribution in [0.5, 0.6) is 0 Å². The number of hydrogen-bond acceptors (Lipinski definition) is 7. The maximum atomic E-state index is 15.6. The Morgan fingerprint density at radius 3 is 2.67 bits per heavy atom. The van der Waals surface area contributed by atoms with E-state index in [1.54, 1.807) is 50.1 Å². The molecule has 2 aromatic carbocycles. The first-order valence-electron chi connectivity index (χ1n) is 13.7. The first-order valence-corrected chi connectivity index (χ1v) is 15.0. The van der Waals surface area contributed by atoms with Gasteiger partial charge in [-0.25, -0.2) is 18.0 Å². The molecular formula is C29H31ClF3N5O4S. The third-order valence-corrected chi connectivity index (χ3v) is 9.11. The summed E-state index contributed by atoms with van der Waals surface area (Å²) in [5.41, 5.74) is 0.106. The molecule has 14 heteroatoms. The molecule has 0 bridgehead atoms. The van der Waals surface area contributed by atoms with Gasteiger partial charge in [0, 0.05) is 40.7 Å². The number of aromatic nitrogens is 2. The average molecular weight is 638 g/mol. The van der Waals surface area contributed by atoms with Gasteiger partial charge >= 0.3 is 6.09 Å². The smallest absolute Gasteiger partial charge is 0.405 e. The SMILES string of the molecule is CN1CCC(F)(F)C(c2nnc(-c3cc4c(cc3F)SC[C@H](CC(C)(C)NC(=O)O)C(=O)N4Cc3ccc(Cl)cc3)o2)C1. The second-order valence-electron chi connectivity index (χ2n) is 11.6. The Morgan fingerprint density at radius 2 is 1.98 bits per heavy atom. The number of nitrogens with one attached hydrogen (secondary N) is 1. The van der Waals surface area contributed by atoms with Crippen LogP contribution in [-0.4, -0.2) is 69.6 Å². The molecule has 230 valence electrons. The summed E-state index contributed by atoms with van der Waals surface area (Å²) in [6, 6.07) is 9.63. The van der Waals surface area contributed by atoms with E-state index in [-0.39, 0.29) is 61.5 Å². The van der Waals surface area contributed by atoms with Crippen LogP contribution in [0, 0.1) is 11.7 Å². The number of carbonyl (C=O) groups is 2. The number of nitrogens with zero attached hydrogens (tertiary/aromatic N) is 4. The number of rotatable bonds is 7. The molecule has 1 saturated heterocycles. The van der Waals surface area contributed by atoms with Gasteiger partial charge in [-0.2, -0.15) is 0 Å². The van der Waals surface area contributed by atoms with Crippen LogP contribution in [0.4, 0.5) is 23.7 Å². The zero-order valence-corrected chi connectivity index (χ0v) is 25.3. The fourth-order valence-electron chi connectivity index (χ4n) is 5.47. The Balaban J connectivity index is 1.53. The molecule has 1 fully saturated rings. The topological polar surface area (TPSA) is 112 Å². The first kappa shape index (κ1) is 31.1. The Kier molecular flexibility index (Phi) is 8.70. The summed E-state index contributed by atoms with van der Waals surface area (Å²) in [7, 11) is 1.72. The van der Waals surface area contributed by atoms with E-state index in [0.717, 1.165) is 5.56 Å². The number of anilines is 1. The molecular weight excluding hydrogens is 607 g/mol. The summed E-state index contributed by atoms with van der Waals surface area (Å²) < 4.78 is 50.7. The second kappa shape index (κ2) is 12.0. The lowest BCUT2D eigenvalue weighted by Gasteiger charge is -2.34. The molecule has 0 spiro atoms. The maximum Gasteiger partial charge on any atom is 0.405 e. The minimum Gasteiger partial charge on any atom is -0.465 e. The predicted molar refractivity (Wildman–Crippen MR) is 156 cm³/mol. The number of halogens is 4. The van der Waals surface area contributed by atoms with E-state index in [1.165, 1.54) is 28.8 Å². The summed E-state index contributed by atoms with van der Waals surface area (Å²) in [5, 5.41) is 20.0. The number of amides is 2. The van der Waals surface area contributed by atoms with E-state index in [2.05, 4.69) is 15.5 Å². The molecule has 3 heterocycles. The van der Waals surface area contributed by atoms with Crippen LogP contribution in [0.1, 0.15) is 44.1 Å². The molecule has 2 N–H and O–H groups in total. The zero-order valence-electron chi connectivity index (χ0n) is 23.7. The van der Waals surface area contributed by atoms with Crippen molar-refractivity contribution in [1.82, 2.24) is 20.4 Å². The Hall–Kier alpha value is -3.29. The van der Waals surface area contributed by atoms with Gasteiger partial charge in [0.05, 0.1) is 23.7 Å². The molecule has 2 aliphatic rings. The van der Waals surface area contributed by atoms with Crippen LogP contribution in [0.25, 0.3) is 11.5 Å². The number of piperidine rings is 1. The van der Waals surface area contributed by atoms with E-state index in [0.29, 0.717) is 15.6 Å². The summed E-state index contributed by atoms with van der Waals surface area (Å²) in [6.07, 6.45) is -1.37. The maximum absolute atomic E-state index is 15.6. The number of hydrogen-bond donors (Lipinski definition) is 2. The number of carboxylic acid groups (broad SMARTS) is 1. The van der Waals surface area contributed by atoms with Gasteiger partial charge in [0.15, 0.2) is 0 Å². The van der Waals surface area contributed by atoms with Gasteiger partial charge in [-0.05, 0) is 57.1 Å². The third-order valence-electron chi connectivity index (χ3n) is 7.65. The van der Waals surface area contributed by atoms with Crippen molar-refractivity contribution in [3.8, 4) is 11.5 Å². The number of alkyl halides is 2. The number of likely N-dealkylation sites (N-methyl/N-ethyl adjacent to an activating group) is 1. The molecule has 1 aromatic heterocycles. The molecule has 3 aromatic rings. The third kappa shape index (κ3) is 6.94. The summed E-state index contributed by atoms with van der Waals surface area (Å²) in [4.78, 5) is 29.2. The highest BCUT2D eigenvalue weighted by Gasteiger charge is 2.47. The molecule has 1 unspecified atom stereocenters. The number of benzene rings is 2. The molecule has 2 aliphatic heterocycles. The van der Waals surface area contributed by atoms with Crippen molar-refractivity contribution in [3.05, 3.63) is 58.7 Å². The molecule has 43 heavy (non-hydrogen) atoms. The summed E-state index contributed by atoms with van der Waals surface area (Å²) in [6.45, 7) is 3.74. The molecule has 2 atom stereocenters. The second-order valence-corrected chi connectivity index (χ2v) is 13.1. The highest BCUT2D eigenvalue weighted by atomic mass is 35.5. The van der Waals surface area contributed by atoms with Gasteiger partial charge < -0.3 is 24.6 Å². The van der Waals surface area contributed by atoms with Gasteiger partial charge in [-0.1, -0.05) is 23.7 Å². The Bertz CT molecular complexity index is 1520. The molecule has 0 aliphatic carbocycles. The van der Waals surface area contributed by atoms with E-state index < -0.39 is 35.2 Å². The van der Waals surface area contributed by atoms with Crippen LogP contribution in [-0.2, 0) is 11.3 Å². The van der Waals surface area contributed by atoms with E-state index in [1.807, 2.05) is 0 Å². The lowest BCUT2D eigenvalue weighted by molar-refractivity contribution is -0.122. The fraction of sp³-hybridized carbons (Fsp3) is 0.448. The standard InChI is InChI=1S/C29H31ClF3N5O4S/c1-28(2,34-27(40)41)12-17-15-43-23-11-21(31)19(10-22(23)38(26(17)39)13-16-4-6-18(30)7-5-16)24-35-36-25(42-24)20-14-37(3)9-8-29(20,32)33/h4-7,10-11,17,20,34H,8-9,12-15H2,1-3H3,(H,40,41)/t17-,20?/m0/s1. The van der Waals surface area contributed by atoms with E-state index >= 15 is 4.39 Å². The quantitative estimate of drug-likeness (QED) is 0.312. The predicted octanol–water partition coefficient (Wildman–Crippen LogP) is 6.27. The molecule has 5 rings (SSSR count). The number of thioether (sulfide) groups is 1. The van der Waals surface area contributed by atoms with Crippen molar-refractivity contribution >= 4 is 41.1 Å². The van der Waals surface area contributed by atoms with Crippen molar-refractivity contribution in [2.24, 2.45) is 5.92 Å². The monoisotopic (exact) mass is 637 g/mol. The van der Waals surface area contributed by atoms with Crippen LogP contribution in [0.3, 0.4) is 0 Å². The molecule has 2 amide bonds. The number of likely N-dealkylation sites (tertiary alicyclic amines) is 1. The van der Waals surface area contributed by atoms with Crippen LogP contribution >= 0.6 is 23.4 Å². The first-order chi connectivity index (χ1) is 20.2. The van der Waals surface area contributed by atoms with Gasteiger partial charge in [0.2, 0.25) is 11.8 Å². The average Bonchev–Trinajstić information content (AvgIpc) is 3.36. The minimum atomic E-state index is -3.06. The summed E-state index contributed by atoms with van der Waals surface area (Å²) >= 11 is 7.34. The summed E-state index contributed by atoms with van der Waals surface area (Å²) in [5.74, 6) is -6.26. The molecule has 9 nitrogen and oxygen atoms in total. The number of fused-ring (bicyclic) bond motifs is 1. The van der Waals surface area contributed by atoms with Gasteiger partial charge in [-0.3, -0.25) is 4.79 Å². The Labute approximate surface area is 255 Å². The van der Waals surface area contributed by atoms with E-state index in [4.69, 9.17) is 16.0 Å². The highest BCUT2D eigenvalue weighted by molar-refractivity contribution is 7.99. The van der Waals surface area contributed by atoms with Gasteiger partial charge in [0.1, 0.15) is 11.7 Å². The van der Waals surface area contributed by atoms with E-state index in [9.17, 15) is 23.5 Å². The Morgan fingerprint density at radius 1 is 1.26 bits per heavy atom. The van der Waals surface area contributed by atoms with Crippen molar-refractivity contribution in [2.75, 3.05) is 30.8 Å². The van der Waals surface area contributed by atoms with Crippen LogP contribution < -0.4 is 10.2 Å². The molecule has 0 radical (unpaired) electrons. The van der Waals surface area contributed by atoms with Crippen molar-refractivity contribution in [2.45, 2.75) is 55.5 Å². The lowest BCUT2D eigenvalue weighted by Crippen LogP contribution is -2.47. The van der Waals surface area contributed by atoms with Gasteiger partial charge in [0.25, 0.3) is 11.8 Å². The van der Waals surface area contributed by atoms with Crippen molar-refractivity contribution in [1.29, 1.82) is 0 Å². The number of carbonyl (C=O) groups excluding carboxylic acids is 1. The van der Waals surface area contributed by atoms with Crippen molar-refractivity contribution < 1.29 is 32.3 Å². The lowest BCUT2D eigenvalue weighted by atomic mass is 9.90. The molecule has 0 saturated carbocycles. The van der Waals surface area contributed by atoms with Crippen LogP contribution in [0.15, 0.2) is 45.7 Å². The van der Waals surface area contributed by atoms with Crippen molar-refractivity contribution in [3.63, 3.8) is 0 Å². The highest BCUT2D eigenvalue weighted by Crippen LogP contribution is 2.44. The largest absolute Gasteiger partial charge is 0.465 e. The fourth-order valence-corrected chi connectivity index (χ4v) is 6.74. The van der Waals surface area contributed by atoms with Crippen LogP contribution in [0.2, 0.25) is 5.02 Å². The zero-order chi connectivity index (χ0) is 31.1. The normalized spacial score (nSPS) is 20.9. The minimum absolute atomic E-state index is 0.00971.